The molecule has 0 aliphatic heterocycles. The predicted molar refractivity (Wildman–Crippen MR) is 73.4 cm³/mol. The Morgan fingerprint density at radius 3 is 2.40 bits per heavy atom. The summed E-state index contributed by atoms with van der Waals surface area (Å²) in [5, 5.41) is 9.08. The number of hydrogen-bond acceptors (Lipinski definition) is 4. The Bertz CT molecular complexity index is 482. The number of benzene rings is 1. The lowest BCUT2D eigenvalue weighted by Gasteiger charge is -2.19. The molecule has 1 aromatic rings. The third-order valence-electron chi connectivity index (χ3n) is 2.89. The fourth-order valence-corrected chi connectivity index (χ4v) is 1.73. The maximum Gasteiger partial charge on any atom is 0.339 e. The second kappa shape index (κ2) is 7.37. The molecule has 6 nitrogen and oxygen atoms in total. The van der Waals surface area contributed by atoms with E-state index in [4.69, 9.17) is 14.6 Å². The van der Waals surface area contributed by atoms with Gasteiger partial charge in [-0.15, -0.1) is 0 Å². The smallest absolute Gasteiger partial charge is 0.339 e. The molecule has 1 N–H and O–H groups in total. The van der Waals surface area contributed by atoms with Crippen LogP contribution in [0.25, 0.3) is 0 Å². The highest BCUT2D eigenvalue weighted by atomic mass is 16.5. The number of rotatable bonds is 7. The van der Waals surface area contributed by atoms with Crippen molar-refractivity contribution in [3.8, 4) is 11.5 Å². The molecule has 0 aromatic heterocycles. The minimum atomic E-state index is -1.11. The van der Waals surface area contributed by atoms with Crippen molar-refractivity contribution >= 4 is 11.9 Å². The van der Waals surface area contributed by atoms with Gasteiger partial charge in [-0.25, -0.2) is 4.79 Å². The van der Waals surface area contributed by atoms with E-state index in [1.807, 2.05) is 13.8 Å². The number of methoxy groups -OCH3 is 1. The third-order valence-corrected chi connectivity index (χ3v) is 2.89. The molecule has 1 rings (SSSR count). The summed E-state index contributed by atoms with van der Waals surface area (Å²) in [6.45, 7) is 4.71. The van der Waals surface area contributed by atoms with Crippen LogP contribution < -0.4 is 9.47 Å². The molecule has 0 radical (unpaired) electrons. The highest BCUT2D eigenvalue weighted by molar-refractivity contribution is 5.91. The maximum absolute atomic E-state index is 11.8. The standard InChI is InChI=1S/C14H19NO5/c1-4-15(5-2)13(16)9-20-12-8-10(19-3)6-7-11(12)14(17)18/h6-8H,4-5,9H2,1-3H3,(H,17,18). The lowest BCUT2D eigenvalue weighted by molar-refractivity contribution is -0.133. The van der Waals surface area contributed by atoms with Gasteiger partial charge in [-0.3, -0.25) is 4.79 Å². The van der Waals surface area contributed by atoms with Gasteiger partial charge in [0.15, 0.2) is 6.61 Å². The lowest BCUT2D eigenvalue weighted by Crippen LogP contribution is -2.34. The van der Waals surface area contributed by atoms with Gasteiger partial charge in [0.05, 0.1) is 7.11 Å². The molecule has 0 aliphatic rings. The van der Waals surface area contributed by atoms with Crippen molar-refractivity contribution in [2.45, 2.75) is 13.8 Å². The van der Waals surface area contributed by atoms with Crippen molar-refractivity contribution < 1.29 is 24.2 Å². The van der Waals surface area contributed by atoms with Gasteiger partial charge in [0.2, 0.25) is 0 Å². The maximum atomic E-state index is 11.8. The average Bonchev–Trinajstić information content (AvgIpc) is 2.45. The van der Waals surface area contributed by atoms with E-state index in [1.54, 1.807) is 4.90 Å². The molecule has 20 heavy (non-hydrogen) atoms. The first kappa shape index (κ1) is 15.8. The average molecular weight is 281 g/mol. The summed E-state index contributed by atoms with van der Waals surface area (Å²) in [6, 6.07) is 4.37. The quantitative estimate of drug-likeness (QED) is 0.822. The number of likely N-dealkylation sites (N-methyl/N-ethyl adjacent to an activating group) is 1. The van der Waals surface area contributed by atoms with Crippen LogP contribution in [0.4, 0.5) is 0 Å². The monoisotopic (exact) mass is 281 g/mol. The zero-order valence-electron chi connectivity index (χ0n) is 11.9. The highest BCUT2D eigenvalue weighted by Gasteiger charge is 2.15. The first-order valence-electron chi connectivity index (χ1n) is 6.35. The molecular formula is C14H19NO5. The topological polar surface area (TPSA) is 76.1 Å². The van der Waals surface area contributed by atoms with Crippen LogP contribution in [0.2, 0.25) is 0 Å². The molecule has 0 spiro atoms. The Morgan fingerprint density at radius 1 is 1.25 bits per heavy atom. The van der Waals surface area contributed by atoms with Gasteiger partial charge in [0, 0.05) is 19.2 Å². The highest BCUT2D eigenvalue weighted by Crippen LogP contribution is 2.24. The van der Waals surface area contributed by atoms with Crippen molar-refractivity contribution in [3.05, 3.63) is 23.8 Å². The van der Waals surface area contributed by atoms with E-state index in [2.05, 4.69) is 0 Å². The summed E-state index contributed by atoms with van der Waals surface area (Å²) in [7, 11) is 1.47. The Kier molecular flexibility index (Phi) is 5.83. The number of carbonyl (C=O) groups is 2. The Hall–Kier alpha value is -2.24. The second-order valence-electron chi connectivity index (χ2n) is 4.02. The van der Waals surface area contributed by atoms with E-state index in [9.17, 15) is 9.59 Å². The molecule has 1 aromatic carbocycles. The number of aromatic carboxylic acids is 1. The van der Waals surface area contributed by atoms with Crippen LogP contribution in [0.1, 0.15) is 24.2 Å². The van der Waals surface area contributed by atoms with E-state index in [0.717, 1.165) is 0 Å². The molecule has 0 bridgehead atoms. The van der Waals surface area contributed by atoms with Crippen LogP contribution in [-0.4, -0.2) is 48.7 Å². The first-order chi connectivity index (χ1) is 9.53. The van der Waals surface area contributed by atoms with Crippen molar-refractivity contribution in [2.24, 2.45) is 0 Å². The Balaban J connectivity index is 2.85. The molecule has 0 heterocycles. The largest absolute Gasteiger partial charge is 0.497 e. The van der Waals surface area contributed by atoms with E-state index < -0.39 is 5.97 Å². The van der Waals surface area contributed by atoms with E-state index in [0.29, 0.717) is 18.8 Å². The predicted octanol–water partition coefficient (Wildman–Crippen LogP) is 1.64. The van der Waals surface area contributed by atoms with Gasteiger partial charge in [0.1, 0.15) is 17.1 Å². The van der Waals surface area contributed by atoms with Gasteiger partial charge in [0.25, 0.3) is 5.91 Å². The van der Waals surface area contributed by atoms with Crippen LogP contribution in [0.5, 0.6) is 11.5 Å². The van der Waals surface area contributed by atoms with Gasteiger partial charge < -0.3 is 19.5 Å². The molecule has 0 saturated carbocycles. The second-order valence-corrected chi connectivity index (χ2v) is 4.02. The summed E-state index contributed by atoms with van der Waals surface area (Å²) in [4.78, 5) is 24.5. The van der Waals surface area contributed by atoms with Gasteiger partial charge in [-0.2, -0.15) is 0 Å². The zero-order chi connectivity index (χ0) is 15.1. The number of carbonyl (C=O) groups excluding carboxylic acids is 1. The number of carboxylic acids is 1. The molecular weight excluding hydrogens is 262 g/mol. The minimum absolute atomic E-state index is 0.00172. The van der Waals surface area contributed by atoms with Crippen LogP contribution in [0.15, 0.2) is 18.2 Å². The fourth-order valence-electron chi connectivity index (χ4n) is 1.73. The Labute approximate surface area is 117 Å². The molecule has 1 amide bonds. The summed E-state index contributed by atoms with van der Waals surface area (Å²) in [5.74, 6) is -0.704. The summed E-state index contributed by atoms with van der Waals surface area (Å²) < 4.78 is 10.4. The third kappa shape index (κ3) is 3.88. The molecule has 0 fully saturated rings. The number of carboxylic acid groups (broad SMARTS) is 1. The van der Waals surface area contributed by atoms with Crippen molar-refractivity contribution in [1.29, 1.82) is 0 Å². The Morgan fingerprint density at radius 2 is 1.90 bits per heavy atom. The molecule has 0 atom stereocenters. The summed E-state index contributed by atoms with van der Waals surface area (Å²) in [6.07, 6.45) is 0. The molecule has 6 heteroatoms. The molecule has 0 aliphatic carbocycles. The number of nitrogens with zero attached hydrogens (tertiary/aromatic N) is 1. The van der Waals surface area contributed by atoms with Crippen molar-refractivity contribution in [3.63, 3.8) is 0 Å². The SMILES string of the molecule is CCN(CC)C(=O)COc1cc(OC)ccc1C(=O)O. The minimum Gasteiger partial charge on any atom is -0.497 e. The number of ether oxygens (including phenoxy) is 2. The van der Waals surface area contributed by atoms with Crippen LogP contribution in [0, 0.1) is 0 Å². The van der Waals surface area contributed by atoms with E-state index in [-0.39, 0.29) is 23.8 Å². The first-order valence-corrected chi connectivity index (χ1v) is 6.35. The summed E-state index contributed by atoms with van der Waals surface area (Å²) in [5.41, 5.74) is -0.00172. The van der Waals surface area contributed by atoms with Gasteiger partial charge >= 0.3 is 5.97 Å². The van der Waals surface area contributed by atoms with E-state index >= 15 is 0 Å². The normalized spacial score (nSPS) is 9.95. The van der Waals surface area contributed by atoms with Gasteiger partial charge in [-0.05, 0) is 26.0 Å². The van der Waals surface area contributed by atoms with Gasteiger partial charge in [-0.1, -0.05) is 0 Å². The van der Waals surface area contributed by atoms with Crippen LogP contribution >= 0.6 is 0 Å². The number of amides is 1. The van der Waals surface area contributed by atoms with E-state index in [1.165, 1.54) is 25.3 Å². The number of hydrogen-bond donors (Lipinski definition) is 1. The van der Waals surface area contributed by atoms with Crippen molar-refractivity contribution in [2.75, 3.05) is 26.8 Å². The lowest BCUT2D eigenvalue weighted by atomic mass is 10.2. The van der Waals surface area contributed by atoms with Crippen molar-refractivity contribution in [1.82, 2.24) is 4.90 Å². The fraction of sp³-hybridized carbons (Fsp3) is 0.429. The molecule has 0 unspecified atom stereocenters. The molecule has 110 valence electrons. The summed E-state index contributed by atoms with van der Waals surface area (Å²) >= 11 is 0. The van der Waals surface area contributed by atoms with Crippen LogP contribution in [0.3, 0.4) is 0 Å². The van der Waals surface area contributed by atoms with Crippen LogP contribution in [-0.2, 0) is 4.79 Å². The molecule has 0 saturated heterocycles. The zero-order valence-corrected chi connectivity index (χ0v) is 11.9.